The summed E-state index contributed by atoms with van der Waals surface area (Å²) in [5, 5.41) is 30.0. The van der Waals surface area contributed by atoms with Gasteiger partial charge in [0.2, 0.25) is 0 Å². The zero-order valence-electron chi connectivity index (χ0n) is 11.3. The first-order valence-electron chi connectivity index (χ1n) is 6.64. The minimum Gasteiger partial charge on any atom is -0.395 e. The van der Waals surface area contributed by atoms with Crippen molar-refractivity contribution in [2.24, 2.45) is 0 Å². The fourth-order valence-electron chi connectivity index (χ4n) is 1.98. The van der Waals surface area contributed by atoms with Crippen molar-refractivity contribution in [3.05, 3.63) is 35.4 Å². The van der Waals surface area contributed by atoms with E-state index in [0.29, 0.717) is 32.7 Å². The summed E-state index contributed by atoms with van der Waals surface area (Å²) < 4.78 is 0. The summed E-state index contributed by atoms with van der Waals surface area (Å²) in [6, 6.07) is 8.08. The number of benzene rings is 1. The fourth-order valence-corrected chi connectivity index (χ4v) is 1.98. The number of aliphatic hydroxyl groups is 3. The number of hydrogen-bond donors (Lipinski definition) is 4. The molecule has 0 saturated heterocycles. The normalized spacial score (nSPS) is 11.2. The van der Waals surface area contributed by atoms with Gasteiger partial charge in [-0.3, -0.25) is 4.90 Å². The van der Waals surface area contributed by atoms with Crippen molar-refractivity contribution in [1.29, 1.82) is 0 Å². The van der Waals surface area contributed by atoms with Crippen LogP contribution < -0.4 is 5.32 Å². The molecule has 108 valence electrons. The topological polar surface area (TPSA) is 76.0 Å². The van der Waals surface area contributed by atoms with Gasteiger partial charge in [0.25, 0.3) is 0 Å². The van der Waals surface area contributed by atoms with Gasteiger partial charge in [0.15, 0.2) is 0 Å². The molecule has 0 fully saturated rings. The Kier molecular flexibility index (Phi) is 8.36. The van der Waals surface area contributed by atoms with Crippen molar-refractivity contribution >= 4 is 0 Å². The lowest BCUT2D eigenvalue weighted by Crippen LogP contribution is -2.30. The molecule has 0 atom stereocenters. The molecule has 0 aromatic heterocycles. The third-order valence-corrected chi connectivity index (χ3v) is 2.95. The molecule has 0 aliphatic carbocycles. The van der Waals surface area contributed by atoms with E-state index in [1.165, 1.54) is 11.1 Å². The van der Waals surface area contributed by atoms with Gasteiger partial charge in [0, 0.05) is 32.7 Å². The highest BCUT2D eigenvalue weighted by molar-refractivity contribution is 5.27. The summed E-state index contributed by atoms with van der Waals surface area (Å²) in [7, 11) is 0. The molecular weight excluding hydrogens is 244 g/mol. The van der Waals surface area contributed by atoms with Crippen LogP contribution in [0.25, 0.3) is 0 Å². The van der Waals surface area contributed by atoms with E-state index in [-0.39, 0.29) is 19.8 Å². The first-order chi connectivity index (χ1) is 9.31. The molecule has 0 unspecified atom stereocenters. The summed E-state index contributed by atoms with van der Waals surface area (Å²) in [6.45, 7) is 3.41. The van der Waals surface area contributed by atoms with Crippen LogP contribution in [0.5, 0.6) is 0 Å². The van der Waals surface area contributed by atoms with Crippen LogP contribution in [0.15, 0.2) is 24.3 Å². The van der Waals surface area contributed by atoms with Crippen LogP contribution in [-0.4, -0.2) is 59.7 Å². The molecule has 5 heteroatoms. The highest BCUT2D eigenvalue weighted by Gasteiger charge is 2.08. The maximum atomic E-state index is 9.02. The van der Waals surface area contributed by atoms with Crippen molar-refractivity contribution in [1.82, 2.24) is 10.2 Å². The zero-order valence-corrected chi connectivity index (χ0v) is 11.3. The second kappa shape index (κ2) is 9.89. The van der Waals surface area contributed by atoms with Crippen LogP contribution in [0.1, 0.15) is 11.1 Å². The number of aliphatic hydroxyl groups excluding tert-OH is 3. The van der Waals surface area contributed by atoms with E-state index < -0.39 is 0 Å². The van der Waals surface area contributed by atoms with Crippen LogP contribution >= 0.6 is 0 Å². The van der Waals surface area contributed by atoms with E-state index >= 15 is 0 Å². The van der Waals surface area contributed by atoms with E-state index in [0.717, 1.165) is 0 Å². The largest absolute Gasteiger partial charge is 0.395 e. The smallest absolute Gasteiger partial charge is 0.0558 e. The summed E-state index contributed by atoms with van der Waals surface area (Å²) in [5.41, 5.74) is 2.35. The zero-order chi connectivity index (χ0) is 13.9. The van der Waals surface area contributed by atoms with Crippen LogP contribution in [-0.2, 0) is 13.1 Å². The first-order valence-corrected chi connectivity index (χ1v) is 6.64. The molecule has 0 aliphatic rings. The van der Waals surface area contributed by atoms with Crippen molar-refractivity contribution < 1.29 is 15.3 Å². The van der Waals surface area contributed by atoms with Gasteiger partial charge >= 0.3 is 0 Å². The Morgan fingerprint density at radius 1 is 0.895 bits per heavy atom. The van der Waals surface area contributed by atoms with Crippen molar-refractivity contribution in [3.8, 4) is 0 Å². The van der Waals surface area contributed by atoms with Gasteiger partial charge in [-0.1, -0.05) is 24.3 Å². The summed E-state index contributed by atoms with van der Waals surface area (Å²) in [6.07, 6.45) is 0. The summed E-state index contributed by atoms with van der Waals surface area (Å²) in [4.78, 5) is 2.02. The predicted octanol–water partition coefficient (Wildman–Crippen LogP) is -0.445. The Hall–Kier alpha value is -0.980. The second-order valence-corrected chi connectivity index (χ2v) is 4.39. The molecule has 0 saturated carbocycles. The van der Waals surface area contributed by atoms with E-state index in [4.69, 9.17) is 15.3 Å². The van der Waals surface area contributed by atoms with Gasteiger partial charge in [0.1, 0.15) is 0 Å². The maximum absolute atomic E-state index is 9.02. The highest BCUT2D eigenvalue weighted by atomic mass is 16.3. The van der Waals surface area contributed by atoms with Gasteiger partial charge in [-0.2, -0.15) is 0 Å². The molecule has 0 radical (unpaired) electrons. The van der Waals surface area contributed by atoms with Gasteiger partial charge in [-0.05, 0) is 11.1 Å². The minimum absolute atomic E-state index is 0.0882. The number of rotatable bonds is 10. The third-order valence-electron chi connectivity index (χ3n) is 2.95. The van der Waals surface area contributed by atoms with E-state index in [9.17, 15) is 0 Å². The summed E-state index contributed by atoms with van der Waals surface area (Å²) >= 11 is 0. The lowest BCUT2D eigenvalue weighted by Gasteiger charge is -2.22. The quantitative estimate of drug-likeness (QED) is 0.433. The Morgan fingerprint density at radius 2 is 1.53 bits per heavy atom. The summed E-state index contributed by atoms with van der Waals surface area (Å²) in [5.74, 6) is 0. The molecule has 19 heavy (non-hydrogen) atoms. The Balaban J connectivity index is 2.63. The Morgan fingerprint density at radius 3 is 2.11 bits per heavy atom. The van der Waals surface area contributed by atoms with Gasteiger partial charge in [-0.15, -0.1) is 0 Å². The Bertz CT molecular complexity index is 341. The van der Waals surface area contributed by atoms with E-state index in [1.54, 1.807) is 0 Å². The van der Waals surface area contributed by atoms with Crippen molar-refractivity contribution in [3.63, 3.8) is 0 Å². The number of hydrogen-bond acceptors (Lipinski definition) is 5. The molecule has 0 heterocycles. The standard InChI is InChI=1S/C14H24N2O3/c17-8-5-15-11-13-3-1-2-4-14(13)12-16(6-9-18)7-10-19/h1-4,15,17-19H,5-12H2. The molecule has 1 aromatic carbocycles. The fraction of sp³-hybridized carbons (Fsp3) is 0.571. The molecule has 0 spiro atoms. The van der Waals surface area contributed by atoms with Crippen LogP contribution in [0, 0.1) is 0 Å². The van der Waals surface area contributed by atoms with Crippen molar-refractivity contribution in [2.45, 2.75) is 13.1 Å². The Labute approximate surface area is 114 Å². The second-order valence-electron chi connectivity index (χ2n) is 4.39. The van der Waals surface area contributed by atoms with E-state index in [2.05, 4.69) is 17.4 Å². The van der Waals surface area contributed by atoms with Gasteiger partial charge < -0.3 is 20.6 Å². The molecule has 0 aliphatic heterocycles. The molecule has 0 amide bonds. The van der Waals surface area contributed by atoms with Crippen molar-refractivity contribution in [2.75, 3.05) is 39.5 Å². The van der Waals surface area contributed by atoms with Crippen LogP contribution in [0.4, 0.5) is 0 Å². The first kappa shape index (κ1) is 16.1. The highest BCUT2D eigenvalue weighted by Crippen LogP contribution is 2.11. The third kappa shape index (κ3) is 6.13. The molecular formula is C14H24N2O3. The van der Waals surface area contributed by atoms with E-state index in [1.807, 2.05) is 17.0 Å². The van der Waals surface area contributed by atoms with Gasteiger partial charge in [0.05, 0.1) is 19.8 Å². The molecule has 1 aromatic rings. The average Bonchev–Trinajstić information content (AvgIpc) is 2.41. The molecule has 0 bridgehead atoms. The molecule has 1 rings (SSSR count). The molecule has 4 N–H and O–H groups in total. The SMILES string of the molecule is OCCNCc1ccccc1CN(CCO)CCO. The monoisotopic (exact) mass is 268 g/mol. The van der Waals surface area contributed by atoms with Gasteiger partial charge in [-0.25, -0.2) is 0 Å². The lowest BCUT2D eigenvalue weighted by molar-refractivity contribution is 0.155. The lowest BCUT2D eigenvalue weighted by atomic mass is 10.1. The van der Waals surface area contributed by atoms with Crippen LogP contribution in [0.3, 0.4) is 0 Å². The predicted molar refractivity (Wildman–Crippen MR) is 74.7 cm³/mol. The molecule has 5 nitrogen and oxygen atoms in total. The number of nitrogens with zero attached hydrogens (tertiary/aromatic N) is 1. The number of nitrogens with one attached hydrogen (secondary N) is 1. The maximum Gasteiger partial charge on any atom is 0.0558 e. The average molecular weight is 268 g/mol. The minimum atomic E-state index is 0.0882. The van der Waals surface area contributed by atoms with Crippen LogP contribution in [0.2, 0.25) is 0 Å².